The minimum Gasteiger partial charge on any atom is -0.465 e. The van der Waals surface area contributed by atoms with Crippen LogP contribution in [-0.4, -0.2) is 52.6 Å². The predicted molar refractivity (Wildman–Crippen MR) is 68.6 cm³/mol. The van der Waals surface area contributed by atoms with E-state index in [9.17, 15) is 9.59 Å². The smallest absolute Gasteiger partial charge is 0.330 e. The molecule has 0 aliphatic heterocycles. The van der Waals surface area contributed by atoms with E-state index < -0.39 is 17.4 Å². The summed E-state index contributed by atoms with van der Waals surface area (Å²) in [4.78, 5) is 22.6. The summed E-state index contributed by atoms with van der Waals surface area (Å²) in [7, 11) is 3.02. The summed E-state index contributed by atoms with van der Waals surface area (Å²) >= 11 is 0. The molecular weight excluding hydrogens is 252 g/mol. The Labute approximate surface area is 113 Å². The molecule has 0 bridgehead atoms. The molecule has 0 heterocycles. The Morgan fingerprint density at radius 2 is 1.63 bits per heavy atom. The fourth-order valence-electron chi connectivity index (χ4n) is 1.43. The van der Waals surface area contributed by atoms with Crippen molar-refractivity contribution < 1.29 is 28.5 Å². The molecule has 0 aromatic heterocycles. The lowest BCUT2D eigenvalue weighted by molar-refractivity contribution is -0.162. The standard InChI is InChI=1S/C13H22O6/c1-5-11(14)18-7-6-8-19-12(15)13(2,9-16-3)10-17-4/h5H,1,6-10H2,2-4H3. The highest BCUT2D eigenvalue weighted by Crippen LogP contribution is 2.19. The summed E-state index contributed by atoms with van der Waals surface area (Å²) in [5.74, 6) is -0.888. The van der Waals surface area contributed by atoms with Crippen LogP contribution in [-0.2, 0) is 28.5 Å². The monoisotopic (exact) mass is 274 g/mol. The van der Waals surface area contributed by atoms with Gasteiger partial charge in [0.2, 0.25) is 0 Å². The van der Waals surface area contributed by atoms with Gasteiger partial charge < -0.3 is 18.9 Å². The summed E-state index contributed by atoms with van der Waals surface area (Å²) in [5, 5.41) is 0. The topological polar surface area (TPSA) is 71.1 Å². The van der Waals surface area contributed by atoms with Gasteiger partial charge >= 0.3 is 11.9 Å². The lowest BCUT2D eigenvalue weighted by Crippen LogP contribution is -2.38. The molecule has 0 aliphatic carbocycles. The molecule has 0 saturated carbocycles. The third-order valence-corrected chi connectivity index (χ3v) is 2.35. The zero-order valence-electron chi connectivity index (χ0n) is 11.8. The molecule has 0 rings (SSSR count). The fourth-order valence-corrected chi connectivity index (χ4v) is 1.43. The number of carbonyl (C=O) groups is 2. The number of ether oxygens (including phenoxy) is 4. The zero-order valence-corrected chi connectivity index (χ0v) is 11.8. The summed E-state index contributed by atoms with van der Waals surface area (Å²) < 4.78 is 19.9. The van der Waals surface area contributed by atoms with Gasteiger partial charge in [0.25, 0.3) is 0 Å². The Kier molecular flexibility index (Phi) is 8.82. The molecule has 6 nitrogen and oxygen atoms in total. The summed E-state index contributed by atoms with van der Waals surface area (Å²) in [6.07, 6.45) is 1.52. The second-order valence-electron chi connectivity index (χ2n) is 4.29. The largest absolute Gasteiger partial charge is 0.465 e. The van der Waals surface area contributed by atoms with Crippen LogP contribution in [0.2, 0.25) is 0 Å². The van der Waals surface area contributed by atoms with Gasteiger partial charge in [0, 0.05) is 26.7 Å². The van der Waals surface area contributed by atoms with Crippen molar-refractivity contribution in [2.75, 3.05) is 40.6 Å². The van der Waals surface area contributed by atoms with Crippen LogP contribution in [0.25, 0.3) is 0 Å². The molecule has 0 radical (unpaired) electrons. The second kappa shape index (κ2) is 9.52. The number of hydrogen-bond acceptors (Lipinski definition) is 6. The van der Waals surface area contributed by atoms with Crippen molar-refractivity contribution in [3.8, 4) is 0 Å². The fraction of sp³-hybridized carbons (Fsp3) is 0.692. The first-order valence-corrected chi connectivity index (χ1v) is 5.94. The molecule has 0 spiro atoms. The number of rotatable bonds is 10. The van der Waals surface area contributed by atoms with Crippen LogP contribution >= 0.6 is 0 Å². The maximum absolute atomic E-state index is 11.9. The van der Waals surface area contributed by atoms with Crippen molar-refractivity contribution in [3.05, 3.63) is 12.7 Å². The van der Waals surface area contributed by atoms with Crippen LogP contribution < -0.4 is 0 Å². The normalized spacial score (nSPS) is 10.9. The van der Waals surface area contributed by atoms with E-state index >= 15 is 0 Å². The lowest BCUT2D eigenvalue weighted by Gasteiger charge is -2.25. The van der Waals surface area contributed by atoms with Gasteiger partial charge in [-0.05, 0) is 6.92 Å². The van der Waals surface area contributed by atoms with E-state index in [0.29, 0.717) is 6.42 Å². The Balaban J connectivity index is 3.99. The van der Waals surface area contributed by atoms with Gasteiger partial charge in [0.05, 0.1) is 26.4 Å². The van der Waals surface area contributed by atoms with E-state index in [-0.39, 0.29) is 26.4 Å². The maximum Gasteiger partial charge on any atom is 0.330 e. The molecule has 0 amide bonds. The quantitative estimate of drug-likeness (QED) is 0.335. The molecule has 0 atom stereocenters. The molecule has 0 N–H and O–H groups in total. The first-order valence-electron chi connectivity index (χ1n) is 5.94. The molecule has 0 unspecified atom stereocenters. The van der Waals surface area contributed by atoms with E-state index in [1.807, 2.05) is 0 Å². The summed E-state index contributed by atoms with van der Waals surface area (Å²) in [6, 6.07) is 0. The van der Waals surface area contributed by atoms with Gasteiger partial charge in [0.15, 0.2) is 0 Å². The van der Waals surface area contributed by atoms with Gasteiger partial charge in [-0.3, -0.25) is 4.79 Å². The molecule has 0 aromatic rings. The highest BCUT2D eigenvalue weighted by molar-refractivity contribution is 5.81. The minimum atomic E-state index is -0.832. The van der Waals surface area contributed by atoms with Gasteiger partial charge in [0.1, 0.15) is 5.41 Å². The van der Waals surface area contributed by atoms with Crippen LogP contribution in [0.1, 0.15) is 13.3 Å². The van der Waals surface area contributed by atoms with Crippen LogP contribution in [0.4, 0.5) is 0 Å². The third-order valence-electron chi connectivity index (χ3n) is 2.35. The van der Waals surface area contributed by atoms with E-state index in [0.717, 1.165) is 6.08 Å². The predicted octanol–water partition coefficient (Wildman–Crippen LogP) is 0.948. The van der Waals surface area contributed by atoms with E-state index in [1.165, 1.54) is 14.2 Å². The van der Waals surface area contributed by atoms with Gasteiger partial charge in [-0.15, -0.1) is 0 Å². The van der Waals surface area contributed by atoms with Crippen molar-refractivity contribution in [1.29, 1.82) is 0 Å². The van der Waals surface area contributed by atoms with Crippen LogP contribution in [0.15, 0.2) is 12.7 Å². The van der Waals surface area contributed by atoms with Crippen LogP contribution in [0.3, 0.4) is 0 Å². The van der Waals surface area contributed by atoms with Crippen molar-refractivity contribution >= 4 is 11.9 Å². The molecule has 0 saturated heterocycles. The van der Waals surface area contributed by atoms with Crippen LogP contribution in [0.5, 0.6) is 0 Å². The summed E-state index contributed by atoms with van der Waals surface area (Å²) in [6.45, 7) is 5.77. The Bertz CT molecular complexity index is 294. The number of carbonyl (C=O) groups excluding carboxylic acids is 2. The van der Waals surface area contributed by atoms with Gasteiger partial charge in [-0.25, -0.2) is 4.79 Å². The number of methoxy groups -OCH3 is 2. The molecule has 0 aliphatic rings. The Hall–Kier alpha value is -1.40. The maximum atomic E-state index is 11.9. The van der Waals surface area contributed by atoms with Gasteiger partial charge in [-0.2, -0.15) is 0 Å². The highest BCUT2D eigenvalue weighted by atomic mass is 16.6. The van der Waals surface area contributed by atoms with Crippen molar-refractivity contribution in [3.63, 3.8) is 0 Å². The molecule has 0 aromatic carbocycles. The minimum absolute atomic E-state index is 0.173. The first kappa shape index (κ1) is 17.6. The average Bonchev–Trinajstić information content (AvgIpc) is 2.38. The van der Waals surface area contributed by atoms with Crippen molar-refractivity contribution in [2.24, 2.45) is 5.41 Å². The van der Waals surface area contributed by atoms with E-state index in [2.05, 4.69) is 6.58 Å². The van der Waals surface area contributed by atoms with E-state index in [4.69, 9.17) is 18.9 Å². The molecule has 110 valence electrons. The SMILES string of the molecule is C=CC(=O)OCCCOC(=O)C(C)(COC)COC. The molecule has 19 heavy (non-hydrogen) atoms. The molecule has 6 heteroatoms. The highest BCUT2D eigenvalue weighted by Gasteiger charge is 2.35. The van der Waals surface area contributed by atoms with Crippen molar-refractivity contribution in [1.82, 2.24) is 0 Å². The Morgan fingerprint density at radius 1 is 1.11 bits per heavy atom. The third kappa shape index (κ3) is 6.93. The Morgan fingerprint density at radius 3 is 2.11 bits per heavy atom. The second-order valence-corrected chi connectivity index (χ2v) is 4.29. The lowest BCUT2D eigenvalue weighted by atomic mass is 9.93. The molecule has 0 fully saturated rings. The number of esters is 2. The average molecular weight is 274 g/mol. The number of hydrogen-bond donors (Lipinski definition) is 0. The van der Waals surface area contributed by atoms with E-state index in [1.54, 1.807) is 6.92 Å². The summed E-state index contributed by atoms with van der Waals surface area (Å²) in [5.41, 5.74) is -0.832. The van der Waals surface area contributed by atoms with Crippen molar-refractivity contribution in [2.45, 2.75) is 13.3 Å². The zero-order chi connectivity index (χ0) is 14.7. The molecular formula is C13H22O6. The first-order chi connectivity index (χ1) is 9.00. The van der Waals surface area contributed by atoms with Gasteiger partial charge in [-0.1, -0.05) is 6.58 Å². The van der Waals surface area contributed by atoms with Crippen LogP contribution in [0, 0.1) is 5.41 Å².